The summed E-state index contributed by atoms with van der Waals surface area (Å²) < 4.78 is 5.74. The summed E-state index contributed by atoms with van der Waals surface area (Å²) >= 11 is 0. The number of nitrogens with zero attached hydrogens (tertiary/aromatic N) is 1. The van der Waals surface area contributed by atoms with E-state index in [4.69, 9.17) is 4.74 Å². The van der Waals surface area contributed by atoms with Crippen LogP contribution in [0.4, 0.5) is 0 Å². The lowest BCUT2D eigenvalue weighted by molar-refractivity contribution is 0.194. The zero-order valence-electron chi connectivity index (χ0n) is 13.2. The van der Waals surface area contributed by atoms with Crippen LogP contribution in [0.5, 0.6) is 5.75 Å². The normalized spacial score (nSPS) is 21.8. The maximum Gasteiger partial charge on any atom is 0.119 e. The van der Waals surface area contributed by atoms with Gasteiger partial charge in [-0.1, -0.05) is 19.1 Å². The minimum absolute atomic E-state index is 0.599. The molecular formula is C18H28N2O. The first kappa shape index (κ1) is 14.9. The number of likely N-dealkylation sites (tertiary alicyclic amines) is 1. The number of rotatable bonds is 5. The molecule has 0 aromatic heterocycles. The van der Waals surface area contributed by atoms with Crippen molar-refractivity contribution in [3.8, 4) is 5.75 Å². The van der Waals surface area contributed by atoms with Gasteiger partial charge in [-0.05, 0) is 68.4 Å². The molecule has 1 spiro atoms. The first-order valence-electron chi connectivity index (χ1n) is 8.44. The number of piperidine rings is 1. The Morgan fingerprint density at radius 3 is 2.90 bits per heavy atom. The summed E-state index contributed by atoms with van der Waals surface area (Å²) in [5.74, 6) is 1.02. The summed E-state index contributed by atoms with van der Waals surface area (Å²) in [5, 5.41) is 3.49. The highest BCUT2D eigenvalue weighted by Crippen LogP contribution is 2.39. The van der Waals surface area contributed by atoms with Gasteiger partial charge in [0.2, 0.25) is 0 Å². The third kappa shape index (κ3) is 3.78. The van der Waals surface area contributed by atoms with Crippen LogP contribution in [0, 0.1) is 5.41 Å². The molecule has 0 bridgehead atoms. The molecule has 3 heteroatoms. The van der Waals surface area contributed by atoms with E-state index < -0.39 is 0 Å². The number of ether oxygens (including phenoxy) is 1. The molecule has 3 nitrogen and oxygen atoms in total. The van der Waals surface area contributed by atoms with Crippen molar-refractivity contribution in [3.63, 3.8) is 0 Å². The Balaban J connectivity index is 1.57. The van der Waals surface area contributed by atoms with Crippen molar-refractivity contribution >= 4 is 0 Å². The molecule has 0 amide bonds. The second kappa shape index (κ2) is 6.80. The molecule has 1 N–H and O–H groups in total. The Kier molecular flexibility index (Phi) is 4.81. The number of hydrogen-bond donors (Lipinski definition) is 1. The van der Waals surface area contributed by atoms with Gasteiger partial charge in [-0.2, -0.15) is 0 Å². The maximum absolute atomic E-state index is 5.74. The number of hydrogen-bond acceptors (Lipinski definition) is 3. The molecule has 1 aromatic carbocycles. The summed E-state index contributed by atoms with van der Waals surface area (Å²) in [7, 11) is 0. The smallest absolute Gasteiger partial charge is 0.119 e. The highest BCUT2D eigenvalue weighted by molar-refractivity contribution is 5.28. The summed E-state index contributed by atoms with van der Waals surface area (Å²) in [6.45, 7) is 8.95. The third-order valence-electron chi connectivity index (χ3n) is 4.96. The average molecular weight is 288 g/mol. The molecule has 1 aromatic rings. The predicted molar refractivity (Wildman–Crippen MR) is 86.7 cm³/mol. The molecule has 2 heterocycles. The predicted octanol–water partition coefficient (Wildman–Crippen LogP) is 3.05. The van der Waals surface area contributed by atoms with Gasteiger partial charge >= 0.3 is 0 Å². The highest BCUT2D eigenvalue weighted by Gasteiger charge is 2.38. The molecule has 3 rings (SSSR count). The van der Waals surface area contributed by atoms with Crippen molar-refractivity contribution in [2.24, 2.45) is 5.41 Å². The molecule has 21 heavy (non-hydrogen) atoms. The van der Waals surface area contributed by atoms with E-state index >= 15 is 0 Å². The van der Waals surface area contributed by atoms with Gasteiger partial charge in [0.15, 0.2) is 0 Å². The third-order valence-corrected chi connectivity index (χ3v) is 4.96. The molecule has 2 aliphatic heterocycles. The average Bonchev–Trinajstić information content (AvgIpc) is 2.88. The Labute approximate surface area is 128 Å². The van der Waals surface area contributed by atoms with E-state index in [1.165, 1.54) is 51.0 Å². The van der Waals surface area contributed by atoms with Gasteiger partial charge in [-0.3, -0.25) is 4.90 Å². The molecule has 0 atom stereocenters. The fourth-order valence-electron chi connectivity index (χ4n) is 3.74. The Morgan fingerprint density at radius 1 is 1.24 bits per heavy atom. The lowest BCUT2D eigenvalue weighted by atomic mass is 9.78. The molecule has 0 unspecified atom stereocenters. The van der Waals surface area contributed by atoms with Crippen LogP contribution in [0.3, 0.4) is 0 Å². The SMILES string of the molecule is CCCOc1cccc(CN2CCC3(CCNCC3)C2)c1. The molecule has 0 radical (unpaired) electrons. The van der Waals surface area contributed by atoms with Gasteiger partial charge in [0.25, 0.3) is 0 Å². The van der Waals surface area contributed by atoms with E-state index in [1.54, 1.807) is 0 Å². The molecular weight excluding hydrogens is 260 g/mol. The minimum Gasteiger partial charge on any atom is -0.494 e. The van der Waals surface area contributed by atoms with Crippen molar-refractivity contribution in [1.29, 1.82) is 0 Å². The van der Waals surface area contributed by atoms with Gasteiger partial charge in [0.1, 0.15) is 5.75 Å². The van der Waals surface area contributed by atoms with E-state index in [0.717, 1.165) is 25.3 Å². The Bertz CT molecular complexity index is 454. The topological polar surface area (TPSA) is 24.5 Å². The zero-order chi connectivity index (χ0) is 14.5. The van der Waals surface area contributed by atoms with Crippen molar-refractivity contribution in [1.82, 2.24) is 10.2 Å². The minimum atomic E-state index is 0.599. The quantitative estimate of drug-likeness (QED) is 0.901. The van der Waals surface area contributed by atoms with Crippen LogP contribution in [0.1, 0.15) is 38.2 Å². The van der Waals surface area contributed by atoms with Crippen LogP contribution in [-0.4, -0.2) is 37.7 Å². The van der Waals surface area contributed by atoms with E-state index in [2.05, 4.69) is 41.4 Å². The van der Waals surface area contributed by atoms with E-state index in [-0.39, 0.29) is 0 Å². The lowest BCUT2D eigenvalue weighted by Crippen LogP contribution is -2.38. The van der Waals surface area contributed by atoms with Crippen LogP contribution in [-0.2, 0) is 6.54 Å². The molecule has 116 valence electrons. The van der Waals surface area contributed by atoms with Gasteiger partial charge in [-0.25, -0.2) is 0 Å². The van der Waals surface area contributed by atoms with E-state index in [0.29, 0.717) is 5.41 Å². The first-order chi connectivity index (χ1) is 10.3. The highest BCUT2D eigenvalue weighted by atomic mass is 16.5. The van der Waals surface area contributed by atoms with Crippen LogP contribution in [0.15, 0.2) is 24.3 Å². The standard InChI is InChI=1S/C18H28N2O/c1-2-12-21-17-5-3-4-16(13-17)14-20-11-8-18(15-20)6-9-19-10-7-18/h3-5,13,19H,2,6-12,14-15H2,1H3. The zero-order valence-corrected chi connectivity index (χ0v) is 13.2. The molecule has 2 fully saturated rings. The fourth-order valence-corrected chi connectivity index (χ4v) is 3.74. The summed E-state index contributed by atoms with van der Waals surface area (Å²) in [4.78, 5) is 2.63. The molecule has 0 aliphatic carbocycles. The van der Waals surface area contributed by atoms with E-state index in [1.807, 2.05) is 0 Å². The Hall–Kier alpha value is -1.06. The molecule has 0 saturated carbocycles. The molecule has 2 saturated heterocycles. The lowest BCUT2D eigenvalue weighted by Gasteiger charge is -2.34. The summed E-state index contributed by atoms with van der Waals surface area (Å²) in [6.07, 6.45) is 5.14. The van der Waals surface area contributed by atoms with Crippen molar-refractivity contribution in [2.75, 3.05) is 32.8 Å². The van der Waals surface area contributed by atoms with Crippen LogP contribution in [0.25, 0.3) is 0 Å². The van der Waals surface area contributed by atoms with Gasteiger partial charge in [0.05, 0.1) is 6.61 Å². The van der Waals surface area contributed by atoms with Crippen molar-refractivity contribution in [3.05, 3.63) is 29.8 Å². The fraction of sp³-hybridized carbons (Fsp3) is 0.667. The van der Waals surface area contributed by atoms with Gasteiger partial charge in [-0.15, -0.1) is 0 Å². The second-order valence-electron chi connectivity index (χ2n) is 6.71. The Morgan fingerprint density at radius 2 is 2.10 bits per heavy atom. The molecule has 2 aliphatic rings. The van der Waals surface area contributed by atoms with Crippen LogP contribution >= 0.6 is 0 Å². The first-order valence-corrected chi connectivity index (χ1v) is 8.44. The van der Waals surface area contributed by atoms with Crippen LogP contribution in [0.2, 0.25) is 0 Å². The van der Waals surface area contributed by atoms with Gasteiger partial charge < -0.3 is 10.1 Å². The second-order valence-corrected chi connectivity index (χ2v) is 6.71. The number of nitrogens with one attached hydrogen (secondary N) is 1. The summed E-state index contributed by atoms with van der Waals surface area (Å²) in [5.41, 5.74) is 1.98. The maximum atomic E-state index is 5.74. The van der Waals surface area contributed by atoms with Crippen LogP contribution < -0.4 is 10.1 Å². The largest absolute Gasteiger partial charge is 0.494 e. The number of benzene rings is 1. The van der Waals surface area contributed by atoms with Crippen molar-refractivity contribution < 1.29 is 4.74 Å². The summed E-state index contributed by atoms with van der Waals surface area (Å²) in [6, 6.07) is 8.63. The van der Waals surface area contributed by atoms with E-state index in [9.17, 15) is 0 Å². The van der Waals surface area contributed by atoms with Gasteiger partial charge in [0, 0.05) is 13.1 Å². The van der Waals surface area contributed by atoms with Crippen molar-refractivity contribution in [2.45, 2.75) is 39.2 Å². The monoisotopic (exact) mass is 288 g/mol.